The van der Waals surface area contributed by atoms with Gasteiger partial charge in [-0.05, 0) is 48.4 Å². The van der Waals surface area contributed by atoms with E-state index in [0.717, 1.165) is 11.1 Å². The number of fused-ring (bicyclic) bond motifs is 5. The van der Waals surface area contributed by atoms with Crippen LogP contribution in [0.15, 0.2) is 54.7 Å². The van der Waals surface area contributed by atoms with Gasteiger partial charge in [-0.3, -0.25) is 14.4 Å². The van der Waals surface area contributed by atoms with Crippen molar-refractivity contribution in [3.63, 3.8) is 0 Å². The number of ketones is 1. The van der Waals surface area contributed by atoms with Crippen LogP contribution in [0.1, 0.15) is 24.1 Å². The number of methoxy groups -OCH3 is 1. The quantitative estimate of drug-likeness (QED) is 0.757. The first kappa shape index (κ1) is 17.7. The SMILES string of the molecule is COc1ccc(N2C(=O)[C@@H]3[C@H](C2=O)[C@H]2c4ccccc4C=CN2[C@@H]3C(C)=O)cc1. The van der Waals surface area contributed by atoms with Crippen molar-refractivity contribution >= 4 is 29.4 Å². The monoisotopic (exact) mass is 388 g/mol. The molecule has 4 atom stereocenters. The lowest BCUT2D eigenvalue weighted by molar-refractivity contribution is -0.129. The molecule has 2 amide bonds. The van der Waals surface area contributed by atoms with Crippen LogP contribution in [0.4, 0.5) is 5.69 Å². The van der Waals surface area contributed by atoms with Gasteiger partial charge in [0.15, 0.2) is 5.78 Å². The van der Waals surface area contributed by atoms with Crippen LogP contribution in [-0.4, -0.2) is 35.6 Å². The molecular formula is C23H20N2O4. The molecule has 0 N–H and O–H groups in total. The molecule has 0 spiro atoms. The molecule has 0 unspecified atom stereocenters. The summed E-state index contributed by atoms with van der Waals surface area (Å²) in [4.78, 5) is 42.6. The molecule has 6 nitrogen and oxygen atoms in total. The third kappa shape index (κ3) is 2.38. The Balaban J connectivity index is 1.62. The fourth-order valence-electron chi connectivity index (χ4n) is 5.01. The maximum atomic E-state index is 13.5. The molecule has 2 saturated heterocycles. The van der Waals surface area contributed by atoms with Gasteiger partial charge in [0, 0.05) is 6.20 Å². The number of anilines is 1. The molecule has 0 aromatic heterocycles. The summed E-state index contributed by atoms with van der Waals surface area (Å²) in [6.45, 7) is 1.49. The van der Waals surface area contributed by atoms with E-state index in [2.05, 4.69) is 0 Å². The average Bonchev–Trinajstić information content (AvgIpc) is 3.21. The van der Waals surface area contributed by atoms with Gasteiger partial charge < -0.3 is 9.64 Å². The average molecular weight is 388 g/mol. The van der Waals surface area contributed by atoms with E-state index in [-0.39, 0.29) is 23.6 Å². The van der Waals surface area contributed by atoms with E-state index in [1.165, 1.54) is 11.8 Å². The maximum absolute atomic E-state index is 13.5. The number of carbonyl (C=O) groups excluding carboxylic acids is 3. The predicted octanol–water partition coefficient (Wildman–Crippen LogP) is 2.80. The van der Waals surface area contributed by atoms with E-state index < -0.39 is 17.9 Å². The van der Waals surface area contributed by atoms with Gasteiger partial charge in [-0.2, -0.15) is 0 Å². The van der Waals surface area contributed by atoms with E-state index in [0.29, 0.717) is 11.4 Å². The van der Waals surface area contributed by atoms with Crippen LogP contribution in [0, 0.1) is 11.8 Å². The third-order valence-electron chi connectivity index (χ3n) is 6.21. The molecule has 0 bridgehead atoms. The van der Waals surface area contributed by atoms with E-state index >= 15 is 0 Å². The first-order valence-corrected chi connectivity index (χ1v) is 9.60. The summed E-state index contributed by atoms with van der Waals surface area (Å²) in [5.41, 5.74) is 2.50. The van der Waals surface area contributed by atoms with Crippen LogP contribution in [0.3, 0.4) is 0 Å². The zero-order valence-electron chi connectivity index (χ0n) is 16.1. The Hall–Kier alpha value is -3.41. The second-order valence-corrected chi connectivity index (χ2v) is 7.65. The number of benzene rings is 2. The van der Waals surface area contributed by atoms with Gasteiger partial charge in [0.2, 0.25) is 11.8 Å². The Morgan fingerprint density at radius 3 is 2.34 bits per heavy atom. The number of amides is 2. The number of nitrogens with zero attached hydrogens (tertiary/aromatic N) is 2. The minimum atomic E-state index is -0.692. The number of imide groups is 1. The predicted molar refractivity (Wildman–Crippen MR) is 107 cm³/mol. The Bertz CT molecular complexity index is 1060. The van der Waals surface area contributed by atoms with Crippen LogP contribution in [0.25, 0.3) is 6.08 Å². The van der Waals surface area contributed by atoms with Crippen molar-refractivity contribution in [3.05, 3.63) is 65.9 Å². The van der Waals surface area contributed by atoms with Crippen molar-refractivity contribution in [1.82, 2.24) is 4.90 Å². The van der Waals surface area contributed by atoms with Crippen LogP contribution in [-0.2, 0) is 14.4 Å². The summed E-state index contributed by atoms with van der Waals surface area (Å²) in [7, 11) is 1.56. The van der Waals surface area contributed by atoms with E-state index in [1.807, 2.05) is 41.4 Å². The summed E-state index contributed by atoms with van der Waals surface area (Å²) in [6, 6.07) is 13.7. The van der Waals surface area contributed by atoms with Gasteiger partial charge in [0.1, 0.15) is 5.75 Å². The molecule has 3 aliphatic rings. The molecule has 0 aliphatic carbocycles. The number of ether oxygens (including phenoxy) is 1. The van der Waals surface area contributed by atoms with Gasteiger partial charge in [-0.25, -0.2) is 4.90 Å². The molecule has 3 aliphatic heterocycles. The standard InChI is InChI=1S/C23H20N2O4/c1-13(26)20-18-19(21-17-6-4-3-5-14(17)11-12-24(20)21)23(28)25(22(18)27)15-7-9-16(29-2)10-8-15/h3-12,18-21H,1-2H3/t18-,19+,20-,21-/m1/s1. The first-order valence-electron chi connectivity index (χ1n) is 9.60. The summed E-state index contributed by atoms with van der Waals surface area (Å²) in [5.74, 6) is -1.32. The van der Waals surface area contributed by atoms with Gasteiger partial charge in [-0.1, -0.05) is 24.3 Å². The van der Waals surface area contributed by atoms with Crippen molar-refractivity contribution in [1.29, 1.82) is 0 Å². The lowest BCUT2D eigenvalue weighted by Gasteiger charge is -2.34. The highest BCUT2D eigenvalue weighted by atomic mass is 16.5. The minimum absolute atomic E-state index is 0.107. The Morgan fingerprint density at radius 1 is 0.966 bits per heavy atom. The highest BCUT2D eigenvalue weighted by Gasteiger charge is 2.63. The first-order chi connectivity index (χ1) is 14.0. The fourth-order valence-corrected chi connectivity index (χ4v) is 5.01. The van der Waals surface area contributed by atoms with Crippen molar-refractivity contribution in [3.8, 4) is 5.75 Å². The zero-order chi connectivity index (χ0) is 20.3. The summed E-state index contributed by atoms with van der Waals surface area (Å²) in [5, 5.41) is 0. The molecule has 2 aromatic rings. The minimum Gasteiger partial charge on any atom is -0.497 e. The van der Waals surface area contributed by atoms with Crippen molar-refractivity contribution in [2.24, 2.45) is 11.8 Å². The largest absolute Gasteiger partial charge is 0.497 e. The molecule has 2 aromatic carbocycles. The molecular weight excluding hydrogens is 368 g/mol. The Labute approximate surface area is 168 Å². The Kier molecular flexibility index (Phi) is 3.84. The topological polar surface area (TPSA) is 66.9 Å². The molecule has 29 heavy (non-hydrogen) atoms. The van der Waals surface area contributed by atoms with E-state index in [4.69, 9.17) is 4.74 Å². The fraction of sp³-hybridized carbons (Fsp3) is 0.261. The van der Waals surface area contributed by atoms with Gasteiger partial charge >= 0.3 is 0 Å². The molecule has 2 fully saturated rings. The molecule has 146 valence electrons. The van der Waals surface area contributed by atoms with Crippen LogP contribution >= 0.6 is 0 Å². The van der Waals surface area contributed by atoms with Crippen LogP contribution in [0.2, 0.25) is 0 Å². The van der Waals surface area contributed by atoms with Crippen LogP contribution in [0.5, 0.6) is 5.75 Å². The highest BCUT2D eigenvalue weighted by molar-refractivity contribution is 6.24. The highest BCUT2D eigenvalue weighted by Crippen LogP contribution is 2.53. The normalized spacial score (nSPS) is 27.0. The second-order valence-electron chi connectivity index (χ2n) is 7.65. The van der Waals surface area contributed by atoms with Gasteiger partial charge in [0.25, 0.3) is 0 Å². The van der Waals surface area contributed by atoms with Gasteiger partial charge in [-0.15, -0.1) is 0 Å². The summed E-state index contributed by atoms with van der Waals surface area (Å²) in [6.07, 6.45) is 3.80. The molecule has 3 heterocycles. The maximum Gasteiger partial charge on any atom is 0.240 e. The number of rotatable bonds is 3. The zero-order valence-corrected chi connectivity index (χ0v) is 16.1. The summed E-state index contributed by atoms with van der Waals surface area (Å²) >= 11 is 0. The molecule has 0 radical (unpaired) electrons. The molecule has 0 saturated carbocycles. The number of Topliss-reactive ketones (excluding diaryl/α,β-unsaturated/α-hetero) is 1. The third-order valence-corrected chi connectivity index (χ3v) is 6.21. The van der Waals surface area contributed by atoms with Crippen molar-refractivity contribution < 1.29 is 19.1 Å². The number of carbonyl (C=O) groups is 3. The van der Waals surface area contributed by atoms with Gasteiger partial charge in [0.05, 0.1) is 36.7 Å². The molecule has 6 heteroatoms. The lowest BCUT2D eigenvalue weighted by Crippen LogP contribution is -2.43. The Morgan fingerprint density at radius 2 is 1.66 bits per heavy atom. The van der Waals surface area contributed by atoms with Crippen molar-refractivity contribution in [2.45, 2.75) is 19.0 Å². The summed E-state index contributed by atoms with van der Waals surface area (Å²) < 4.78 is 5.17. The van der Waals surface area contributed by atoms with Crippen molar-refractivity contribution in [2.75, 3.05) is 12.0 Å². The molecule has 5 rings (SSSR count). The second kappa shape index (κ2) is 6.30. The lowest BCUT2D eigenvalue weighted by atomic mass is 9.84. The van der Waals surface area contributed by atoms with E-state index in [1.54, 1.807) is 31.4 Å². The van der Waals surface area contributed by atoms with Crippen LogP contribution < -0.4 is 9.64 Å². The van der Waals surface area contributed by atoms with E-state index in [9.17, 15) is 14.4 Å². The smallest absolute Gasteiger partial charge is 0.240 e. The number of hydrogen-bond donors (Lipinski definition) is 0. The number of hydrogen-bond acceptors (Lipinski definition) is 5.